The van der Waals surface area contributed by atoms with Crippen molar-refractivity contribution in [3.05, 3.63) is 83.4 Å². The van der Waals surface area contributed by atoms with E-state index in [0.717, 1.165) is 11.3 Å². The molecule has 3 heteroatoms. The smallest absolute Gasteiger partial charge is 0.185 e. The Hall–Kier alpha value is -2.94. The van der Waals surface area contributed by atoms with Crippen molar-refractivity contribution in [3.63, 3.8) is 0 Å². The van der Waals surface area contributed by atoms with Crippen LogP contribution in [0.15, 0.2) is 66.8 Å². The number of nitrogens with zero attached hydrogens (tertiary/aromatic N) is 1. The summed E-state index contributed by atoms with van der Waals surface area (Å²) in [6.07, 6.45) is 7.03. The Morgan fingerprint density at radius 1 is 0.833 bits per heavy atom. The van der Waals surface area contributed by atoms with Crippen molar-refractivity contribution in [1.29, 1.82) is 0 Å². The molecule has 24 heavy (non-hydrogen) atoms. The van der Waals surface area contributed by atoms with Crippen LogP contribution in [-0.2, 0) is 0 Å². The molecule has 0 bridgehead atoms. The summed E-state index contributed by atoms with van der Waals surface area (Å²) in [4.78, 5) is 25.3. The second-order valence-electron chi connectivity index (χ2n) is 5.70. The Morgan fingerprint density at radius 3 is 1.96 bits per heavy atom. The maximum atomic E-state index is 12.0. The monoisotopic (exact) mass is 319 g/mol. The molecular weight excluding hydrogens is 298 g/mol. The van der Waals surface area contributed by atoms with Crippen LogP contribution in [0.25, 0.3) is 6.08 Å². The molecule has 0 fully saturated rings. The van der Waals surface area contributed by atoms with Gasteiger partial charge in [0.05, 0.1) is 0 Å². The second kappa shape index (κ2) is 8.06. The first-order valence-electron chi connectivity index (χ1n) is 7.75. The number of benzene rings is 2. The maximum absolute atomic E-state index is 12.0. The second-order valence-corrected chi connectivity index (χ2v) is 5.70. The van der Waals surface area contributed by atoms with Crippen molar-refractivity contribution < 1.29 is 9.59 Å². The molecule has 0 aliphatic carbocycles. The fraction of sp³-hybridized carbons (Fsp3) is 0.143. The summed E-state index contributed by atoms with van der Waals surface area (Å²) in [7, 11) is 4.00. The molecule has 0 saturated heterocycles. The minimum Gasteiger partial charge on any atom is -0.378 e. The number of ketones is 2. The molecule has 0 atom stereocenters. The van der Waals surface area contributed by atoms with Gasteiger partial charge in [-0.15, -0.1) is 0 Å². The third-order valence-corrected chi connectivity index (χ3v) is 3.63. The van der Waals surface area contributed by atoms with E-state index in [9.17, 15) is 9.59 Å². The molecule has 122 valence electrons. The molecule has 0 amide bonds. The van der Waals surface area contributed by atoms with Crippen molar-refractivity contribution in [1.82, 2.24) is 0 Å². The predicted molar refractivity (Wildman–Crippen MR) is 99.7 cm³/mol. The number of carbonyl (C=O) groups is 2. The summed E-state index contributed by atoms with van der Waals surface area (Å²) in [6.45, 7) is 1.51. The lowest BCUT2D eigenvalue weighted by Gasteiger charge is -2.11. The van der Waals surface area contributed by atoms with E-state index >= 15 is 0 Å². The summed E-state index contributed by atoms with van der Waals surface area (Å²) in [6, 6.07) is 14.8. The molecule has 0 radical (unpaired) electrons. The standard InChI is InChI=1S/C21H21NO2/c1-16(23)18-10-12-19(13-11-18)21(24)7-5-4-6-17-8-14-20(15-9-17)22(2)3/h4-15H,1-3H3/b6-4+,7-5+. The maximum Gasteiger partial charge on any atom is 0.185 e. The Labute approximate surface area is 142 Å². The third-order valence-electron chi connectivity index (χ3n) is 3.63. The molecule has 2 rings (SSSR count). The molecule has 0 aliphatic rings. The van der Waals surface area contributed by atoms with Crippen molar-refractivity contribution in [2.75, 3.05) is 19.0 Å². The molecule has 3 nitrogen and oxygen atoms in total. The van der Waals surface area contributed by atoms with E-state index in [1.165, 1.54) is 13.0 Å². The molecule has 0 aliphatic heterocycles. The van der Waals surface area contributed by atoms with E-state index < -0.39 is 0 Å². The highest BCUT2D eigenvalue weighted by atomic mass is 16.1. The number of Topliss-reactive ketones (excluding diaryl/α,β-unsaturated/α-hetero) is 1. The average molecular weight is 319 g/mol. The van der Waals surface area contributed by atoms with Crippen LogP contribution in [-0.4, -0.2) is 25.7 Å². The highest BCUT2D eigenvalue weighted by Gasteiger charge is 2.03. The number of hydrogen-bond acceptors (Lipinski definition) is 3. The van der Waals surface area contributed by atoms with Crippen molar-refractivity contribution in [2.45, 2.75) is 6.92 Å². The first kappa shape index (κ1) is 17.4. The molecule has 0 saturated carbocycles. The number of anilines is 1. The molecule has 2 aromatic carbocycles. The Kier molecular flexibility index (Phi) is 5.85. The van der Waals surface area contributed by atoms with Crippen LogP contribution in [0.5, 0.6) is 0 Å². The Bertz CT molecular complexity index is 766. The Morgan fingerprint density at radius 2 is 1.42 bits per heavy atom. The summed E-state index contributed by atoms with van der Waals surface area (Å²) in [5, 5.41) is 0. The summed E-state index contributed by atoms with van der Waals surface area (Å²) < 4.78 is 0. The van der Waals surface area contributed by atoms with Gasteiger partial charge in [-0.3, -0.25) is 9.59 Å². The molecule has 0 spiro atoms. The van der Waals surface area contributed by atoms with Crippen molar-refractivity contribution in [3.8, 4) is 0 Å². The number of allylic oxidation sites excluding steroid dienone is 3. The zero-order valence-corrected chi connectivity index (χ0v) is 14.2. The topological polar surface area (TPSA) is 37.4 Å². The van der Waals surface area contributed by atoms with Gasteiger partial charge in [0.15, 0.2) is 11.6 Å². The minimum absolute atomic E-state index is 0.00670. The SMILES string of the molecule is CC(=O)c1ccc(C(=O)/C=C/C=C/c2ccc(N(C)C)cc2)cc1. The predicted octanol–water partition coefficient (Wildman–Crippen LogP) is 4.41. The highest BCUT2D eigenvalue weighted by Crippen LogP contribution is 2.13. The largest absolute Gasteiger partial charge is 0.378 e. The van der Waals surface area contributed by atoms with Crippen LogP contribution in [0.4, 0.5) is 5.69 Å². The van der Waals surface area contributed by atoms with E-state index in [2.05, 4.69) is 0 Å². The number of carbonyl (C=O) groups excluding carboxylic acids is 2. The van der Waals surface area contributed by atoms with Gasteiger partial charge in [0.1, 0.15) is 0 Å². The summed E-state index contributed by atoms with van der Waals surface area (Å²) >= 11 is 0. The summed E-state index contributed by atoms with van der Waals surface area (Å²) in [5.41, 5.74) is 3.40. The van der Waals surface area contributed by atoms with Gasteiger partial charge in [-0.1, -0.05) is 54.6 Å². The van der Waals surface area contributed by atoms with Gasteiger partial charge >= 0.3 is 0 Å². The van der Waals surface area contributed by atoms with E-state index in [-0.39, 0.29) is 11.6 Å². The zero-order valence-electron chi connectivity index (χ0n) is 14.2. The van der Waals surface area contributed by atoms with E-state index in [1.807, 2.05) is 55.4 Å². The number of rotatable bonds is 6. The molecule has 0 heterocycles. The average Bonchev–Trinajstić information content (AvgIpc) is 2.59. The molecule has 0 aromatic heterocycles. The van der Waals surface area contributed by atoms with Crippen LogP contribution in [0.2, 0.25) is 0 Å². The van der Waals surface area contributed by atoms with Gasteiger partial charge < -0.3 is 4.90 Å². The van der Waals surface area contributed by atoms with Gasteiger partial charge in [-0.05, 0) is 30.7 Å². The van der Waals surface area contributed by atoms with Gasteiger partial charge in [0.2, 0.25) is 0 Å². The van der Waals surface area contributed by atoms with Crippen LogP contribution < -0.4 is 4.90 Å². The lowest BCUT2D eigenvalue weighted by atomic mass is 10.1. The van der Waals surface area contributed by atoms with Gasteiger partial charge in [0.25, 0.3) is 0 Å². The van der Waals surface area contributed by atoms with E-state index in [1.54, 1.807) is 30.3 Å². The van der Waals surface area contributed by atoms with Crippen LogP contribution in [0.3, 0.4) is 0 Å². The fourth-order valence-corrected chi connectivity index (χ4v) is 2.16. The lowest BCUT2D eigenvalue weighted by molar-refractivity contribution is 0.101. The zero-order chi connectivity index (χ0) is 17.5. The normalized spacial score (nSPS) is 11.1. The highest BCUT2D eigenvalue weighted by molar-refractivity contribution is 6.05. The first-order valence-corrected chi connectivity index (χ1v) is 7.75. The van der Waals surface area contributed by atoms with Crippen molar-refractivity contribution >= 4 is 23.3 Å². The quantitative estimate of drug-likeness (QED) is 0.450. The van der Waals surface area contributed by atoms with E-state index in [4.69, 9.17) is 0 Å². The van der Waals surface area contributed by atoms with Gasteiger partial charge in [0, 0.05) is 30.9 Å². The van der Waals surface area contributed by atoms with Gasteiger partial charge in [-0.2, -0.15) is 0 Å². The van der Waals surface area contributed by atoms with Gasteiger partial charge in [-0.25, -0.2) is 0 Å². The van der Waals surface area contributed by atoms with Crippen molar-refractivity contribution in [2.24, 2.45) is 0 Å². The number of hydrogen-bond donors (Lipinski definition) is 0. The molecule has 0 N–H and O–H groups in total. The first-order chi connectivity index (χ1) is 11.5. The fourth-order valence-electron chi connectivity index (χ4n) is 2.16. The van der Waals surface area contributed by atoms with Crippen LogP contribution in [0.1, 0.15) is 33.2 Å². The third kappa shape index (κ3) is 4.78. The Balaban J connectivity index is 1.97. The minimum atomic E-state index is -0.0855. The molecular formula is C21H21NO2. The molecule has 0 unspecified atom stereocenters. The lowest BCUT2D eigenvalue weighted by Crippen LogP contribution is -2.07. The van der Waals surface area contributed by atoms with Crippen LogP contribution >= 0.6 is 0 Å². The van der Waals surface area contributed by atoms with Crippen LogP contribution in [0, 0.1) is 0 Å². The van der Waals surface area contributed by atoms with E-state index in [0.29, 0.717) is 11.1 Å². The summed E-state index contributed by atoms with van der Waals surface area (Å²) in [5.74, 6) is -0.0922. The molecule has 2 aromatic rings.